The number of hydrogen-bond acceptors (Lipinski definition) is 4. The second-order valence-electron chi connectivity index (χ2n) is 5.04. The Morgan fingerprint density at radius 1 is 1.14 bits per heavy atom. The zero-order valence-corrected chi connectivity index (χ0v) is 11.8. The molecule has 5 heteroatoms. The topological polar surface area (TPSA) is 82.1 Å². The van der Waals surface area contributed by atoms with E-state index in [-0.39, 0.29) is 6.61 Å². The molecule has 0 fully saturated rings. The average molecular weight is 293 g/mol. The molecule has 5 nitrogen and oxygen atoms in total. The lowest BCUT2D eigenvalue weighted by atomic mass is 10.1. The van der Waals surface area contributed by atoms with Gasteiger partial charge in [-0.25, -0.2) is 4.98 Å². The number of hydrogen-bond donors (Lipinski definition) is 2. The molecule has 0 aliphatic carbocycles. The van der Waals surface area contributed by atoms with E-state index in [2.05, 4.69) is 11.1 Å². The summed E-state index contributed by atoms with van der Waals surface area (Å²) in [6, 6.07) is 16.5. The molecule has 0 bridgehead atoms. The number of imidazole rings is 1. The fraction of sp³-hybridized carbons (Fsp3) is 0.176. The molecule has 2 N–H and O–H groups in total. The molecule has 110 valence electrons. The van der Waals surface area contributed by atoms with Crippen molar-refractivity contribution in [2.24, 2.45) is 0 Å². The highest BCUT2D eigenvalue weighted by Gasteiger charge is 2.14. The first kappa shape index (κ1) is 14.3. The van der Waals surface area contributed by atoms with Crippen LogP contribution in [0.2, 0.25) is 0 Å². The fourth-order valence-corrected chi connectivity index (χ4v) is 2.51. The van der Waals surface area contributed by atoms with Crippen molar-refractivity contribution in [3.63, 3.8) is 0 Å². The van der Waals surface area contributed by atoms with E-state index in [1.165, 1.54) is 0 Å². The van der Waals surface area contributed by atoms with E-state index in [4.69, 9.17) is 5.26 Å². The lowest BCUT2D eigenvalue weighted by Crippen LogP contribution is -2.11. The van der Waals surface area contributed by atoms with Gasteiger partial charge in [0.15, 0.2) is 0 Å². The number of fused-ring (bicyclic) bond motifs is 1. The van der Waals surface area contributed by atoms with E-state index in [9.17, 15) is 10.2 Å². The maximum atomic E-state index is 10.4. The Balaban J connectivity index is 1.93. The van der Waals surface area contributed by atoms with Crippen molar-refractivity contribution in [3.05, 3.63) is 65.5 Å². The van der Waals surface area contributed by atoms with E-state index in [0.29, 0.717) is 17.9 Å². The van der Waals surface area contributed by atoms with Crippen LogP contribution >= 0.6 is 0 Å². The summed E-state index contributed by atoms with van der Waals surface area (Å²) in [5.41, 5.74) is 2.94. The van der Waals surface area contributed by atoms with Crippen molar-refractivity contribution in [2.75, 3.05) is 0 Å². The third-order valence-electron chi connectivity index (χ3n) is 3.66. The van der Waals surface area contributed by atoms with Gasteiger partial charge < -0.3 is 14.8 Å². The lowest BCUT2D eigenvalue weighted by molar-refractivity contribution is 0.153. The molecule has 1 aromatic heterocycles. The minimum absolute atomic E-state index is 0.186. The quantitative estimate of drug-likeness (QED) is 0.772. The molecule has 0 aliphatic heterocycles. The van der Waals surface area contributed by atoms with Gasteiger partial charge in [0.25, 0.3) is 0 Å². The number of nitriles is 1. The highest BCUT2D eigenvalue weighted by atomic mass is 16.3. The Morgan fingerprint density at radius 3 is 2.55 bits per heavy atom. The first-order chi connectivity index (χ1) is 10.7. The van der Waals surface area contributed by atoms with Gasteiger partial charge in [0.2, 0.25) is 0 Å². The van der Waals surface area contributed by atoms with Crippen LogP contribution in [0.15, 0.2) is 48.5 Å². The molecule has 1 heterocycles. The molecule has 22 heavy (non-hydrogen) atoms. The first-order valence-corrected chi connectivity index (χ1v) is 6.96. The van der Waals surface area contributed by atoms with Gasteiger partial charge >= 0.3 is 0 Å². The first-order valence-electron chi connectivity index (χ1n) is 6.96. The Morgan fingerprint density at radius 2 is 1.86 bits per heavy atom. The molecular formula is C17H15N3O2. The molecule has 0 spiro atoms. The minimum Gasteiger partial charge on any atom is -0.388 e. The standard InChI is InChI=1S/C17H15N3O2/c18-9-12-5-7-13(8-6-12)16(22)10-20-15-4-2-1-3-14(15)19-17(20)11-21/h1-8,16,21-22H,10-11H2. The highest BCUT2D eigenvalue weighted by molar-refractivity contribution is 5.75. The van der Waals surface area contributed by atoms with Gasteiger partial charge in [0.1, 0.15) is 12.4 Å². The fourth-order valence-electron chi connectivity index (χ4n) is 2.51. The number of aliphatic hydroxyl groups is 2. The third kappa shape index (κ3) is 2.58. The summed E-state index contributed by atoms with van der Waals surface area (Å²) < 4.78 is 1.82. The van der Waals surface area contributed by atoms with Crippen molar-refractivity contribution in [2.45, 2.75) is 19.3 Å². The Labute approximate surface area is 127 Å². The van der Waals surface area contributed by atoms with Crippen LogP contribution in [0.3, 0.4) is 0 Å². The molecule has 0 amide bonds. The summed E-state index contributed by atoms with van der Waals surface area (Å²) in [4.78, 5) is 4.36. The van der Waals surface area contributed by atoms with Gasteiger partial charge in [-0.05, 0) is 29.8 Å². The van der Waals surface area contributed by atoms with Gasteiger partial charge in [-0.1, -0.05) is 24.3 Å². The second-order valence-corrected chi connectivity index (χ2v) is 5.04. The molecule has 0 radical (unpaired) electrons. The number of aliphatic hydroxyl groups excluding tert-OH is 2. The van der Waals surface area contributed by atoms with Gasteiger partial charge in [-0.15, -0.1) is 0 Å². The van der Waals surface area contributed by atoms with E-state index >= 15 is 0 Å². The molecule has 0 saturated carbocycles. The summed E-state index contributed by atoms with van der Waals surface area (Å²) >= 11 is 0. The van der Waals surface area contributed by atoms with E-state index in [1.54, 1.807) is 24.3 Å². The van der Waals surface area contributed by atoms with E-state index in [0.717, 1.165) is 16.6 Å². The normalized spacial score (nSPS) is 12.2. The largest absolute Gasteiger partial charge is 0.388 e. The number of para-hydroxylation sites is 2. The van der Waals surface area contributed by atoms with Crippen LogP contribution < -0.4 is 0 Å². The number of aromatic nitrogens is 2. The van der Waals surface area contributed by atoms with Gasteiger partial charge in [0, 0.05) is 0 Å². The van der Waals surface area contributed by atoms with Crippen LogP contribution in [0.1, 0.15) is 23.1 Å². The van der Waals surface area contributed by atoms with Crippen LogP contribution in [0, 0.1) is 11.3 Å². The molecular weight excluding hydrogens is 278 g/mol. The highest BCUT2D eigenvalue weighted by Crippen LogP contribution is 2.21. The summed E-state index contributed by atoms with van der Waals surface area (Å²) in [5.74, 6) is 0.522. The minimum atomic E-state index is -0.740. The predicted molar refractivity (Wildman–Crippen MR) is 81.8 cm³/mol. The molecule has 2 aromatic carbocycles. The maximum Gasteiger partial charge on any atom is 0.135 e. The van der Waals surface area contributed by atoms with Crippen LogP contribution in [-0.4, -0.2) is 19.8 Å². The summed E-state index contributed by atoms with van der Waals surface area (Å²) in [6.07, 6.45) is -0.740. The second kappa shape index (κ2) is 5.98. The maximum absolute atomic E-state index is 10.4. The Hall–Kier alpha value is -2.68. The molecule has 0 aliphatic rings. The molecule has 1 atom stereocenters. The SMILES string of the molecule is N#Cc1ccc(C(O)Cn2c(CO)nc3ccccc32)cc1. The smallest absolute Gasteiger partial charge is 0.135 e. The average Bonchev–Trinajstić information content (AvgIpc) is 2.93. The Bertz CT molecular complexity index is 831. The lowest BCUT2D eigenvalue weighted by Gasteiger charge is -2.14. The van der Waals surface area contributed by atoms with E-state index in [1.807, 2.05) is 28.8 Å². The summed E-state index contributed by atoms with van der Waals surface area (Å²) in [6.45, 7) is 0.108. The Kier molecular flexibility index (Phi) is 3.88. The van der Waals surface area contributed by atoms with Crippen molar-refractivity contribution in [3.8, 4) is 6.07 Å². The predicted octanol–water partition coefficient (Wildman–Crippen LogP) is 2.13. The van der Waals surface area contributed by atoms with Gasteiger partial charge in [-0.3, -0.25) is 0 Å². The number of rotatable bonds is 4. The molecule has 3 rings (SSSR count). The number of nitrogens with zero attached hydrogens (tertiary/aromatic N) is 3. The third-order valence-corrected chi connectivity index (χ3v) is 3.66. The van der Waals surface area contributed by atoms with E-state index < -0.39 is 6.10 Å². The molecule has 1 unspecified atom stereocenters. The van der Waals surface area contributed by atoms with Crippen molar-refractivity contribution < 1.29 is 10.2 Å². The zero-order valence-electron chi connectivity index (χ0n) is 11.8. The van der Waals surface area contributed by atoms with Gasteiger partial charge in [0.05, 0.1) is 35.3 Å². The van der Waals surface area contributed by atoms with Crippen molar-refractivity contribution in [1.82, 2.24) is 9.55 Å². The summed E-state index contributed by atoms with van der Waals surface area (Å²) in [7, 11) is 0. The monoisotopic (exact) mass is 293 g/mol. The van der Waals surface area contributed by atoms with Crippen LogP contribution in [0.25, 0.3) is 11.0 Å². The van der Waals surface area contributed by atoms with Gasteiger partial charge in [-0.2, -0.15) is 5.26 Å². The van der Waals surface area contributed by atoms with Crippen LogP contribution in [-0.2, 0) is 13.2 Å². The van der Waals surface area contributed by atoms with Crippen LogP contribution in [0.5, 0.6) is 0 Å². The molecule has 0 saturated heterocycles. The molecule has 3 aromatic rings. The van der Waals surface area contributed by atoms with Crippen LogP contribution in [0.4, 0.5) is 0 Å². The van der Waals surface area contributed by atoms with Crippen molar-refractivity contribution in [1.29, 1.82) is 5.26 Å². The summed E-state index contributed by atoms with van der Waals surface area (Å²) in [5, 5.41) is 28.7. The zero-order chi connectivity index (χ0) is 15.5. The van der Waals surface area contributed by atoms with Crippen molar-refractivity contribution >= 4 is 11.0 Å². The number of benzene rings is 2.